The number of carbonyl (C=O) groups is 1. The molecule has 1 saturated heterocycles. The number of aromatic nitrogens is 1. The highest BCUT2D eigenvalue weighted by molar-refractivity contribution is 7.08. The van der Waals surface area contributed by atoms with Crippen molar-refractivity contribution in [3.63, 3.8) is 0 Å². The largest absolute Gasteiger partial charge is 0.334 e. The second kappa shape index (κ2) is 6.58. The van der Waals surface area contributed by atoms with Crippen LogP contribution in [0.15, 0.2) is 29.0 Å². The van der Waals surface area contributed by atoms with Crippen LogP contribution in [0.4, 0.5) is 0 Å². The van der Waals surface area contributed by atoms with Crippen molar-refractivity contribution in [2.45, 2.75) is 25.8 Å². The van der Waals surface area contributed by atoms with E-state index in [1.54, 1.807) is 11.3 Å². The number of hydrogen-bond acceptors (Lipinski definition) is 4. The molecule has 1 atom stereocenters. The van der Waals surface area contributed by atoms with E-state index >= 15 is 0 Å². The monoisotopic (exact) mass is 315 g/mol. The maximum absolute atomic E-state index is 12.8. The SMILES string of the molecule is CNCC1CCCN1C(=O)c1ccc(-c2ccsc2)nc1C. The van der Waals surface area contributed by atoms with Crippen LogP contribution in [0.1, 0.15) is 28.9 Å². The number of amides is 1. The van der Waals surface area contributed by atoms with Crippen LogP contribution >= 0.6 is 11.3 Å². The molecule has 2 aromatic rings. The number of nitrogens with zero attached hydrogens (tertiary/aromatic N) is 2. The second-order valence-electron chi connectivity index (χ2n) is 5.69. The highest BCUT2D eigenvalue weighted by atomic mass is 32.1. The zero-order valence-electron chi connectivity index (χ0n) is 13.0. The molecule has 1 fully saturated rings. The zero-order valence-corrected chi connectivity index (χ0v) is 13.8. The average Bonchev–Trinajstić information content (AvgIpc) is 3.18. The molecule has 1 aliphatic heterocycles. The highest BCUT2D eigenvalue weighted by Gasteiger charge is 2.29. The third-order valence-electron chi connectivity index (χ3n) is 4.21. The first kappa shape index (κ1) is 15.2. The number of nitrogens with one attached hydrogen (secondary N) is 1. The highest BCUT2D eigenvalue weighted by Crippen LogP contribution is 2.24. The maximum Gasteiger partial charge on any atom is 0.255 e. The Kier molecular flexibility index (Phi) is 4.55. The molecule has 5 heteroatoms. The van der Waals surface area contributed by atoms with E-state index in [4.69, 9.17) is 0 Å². The molecule has 1 aliphatic rings. The van der Waals surface area contributed by atoms with Gasteiger partial charge in [0.1, 0.15) is 0 Å². The minimum absolute atomic E-state index is 0.111. The van der Waals surface area contributed by atoms with Gasteiger partial charge in [-0.2, -0.15) is 11.3 Å². The van der Waals surface area contributed by atoms with Gasteiger partial charge in [-0.3, -0.25) is 9.78 Å². The number of thiophene rings is 1. The van der Waals surface area contributed by atoms with Crippen LogP contribution in [0.5, 0.6) is 0 Å². The lowest BCUT2D eigenvalue weighted by atomic mass is 10.1. The number of likely N-dealkylation sites (N-methyl/N-ethyl adjacent to an activating group) is 1. The van der Waals surface area contributed by atoms with Gasteiger partial charge in [-0.05, 0) is 50.4 Å². The summed E-state index contributed by atoms with van der Waals surface area (Å²) >= 11 is 1.65. The predicted molar refractivity (Wildman–Crippen MR) is 90.3 cm³/mol. The van der Waals surface area contributed by atoms with Crippen LogP contribution in [0.25, 0.3) is 11.3 Å². The molecule has 116 valence electrons. The Hall–Kier alpha value is -1.72. The molecule has 0 aromatic carbocycles. The van der Waals surface area contributed by atoms with Crippen molar-refractivity contribution in [1.29, 1.82) is 0 Å². The molecule has 0 spiro atoms. The van der Waals surface area contributed by atoms with Gasteiger partial charge in [0.25, 0.3) is 5.91 Å². The van der Waals surface area contributed by atoms with Gasteiger partial charge < -0.3 is 10.2 Å². The normalized spacial score (nSPS) is 17.9. The molecule has 1 amide bonds. The summed E-state index contributed by atoms with van der Waals surface area (Å²) in [5, 5.41) is 7.30. The first-order chi connectivity index (χ1) is 10.7. The number of rotatable bonds is 4. The van der Waals surface area contributed by atoms with Gasteiger partial charge in [-0.25, -0.2) is 0 Å². The Bertz CT molecular complexity index is 654. The third kappa shape index (κ3) is 2.91. The molecule has 3 rings (SSSR count). The zero-order chi connectivity index (χ0) is 15.5. The van der Waals surface area contributed by atoms with Crippen molar-refractivity contribution in [2.24, 2.45) is 0 Å². The molecule has 0 bridgehead atoms. The smallest absolute Gasteiger partial charge is 0.255 e. The Morgan fingerprint density at radius 3 is 3.00 bits per heavy atom. The Balaban J connectivity index is 1.84. The Labute approximate surface area is 135 Å². The van der Waals surface area contributed by atoms with Crippen molar-refractivity contribution in [3.05, 3.63) is 40.2 Å². The van der Waals surface area contributed by atoms with Gasteiger partial charge in [-0.1, -0.05) is 0 Å². The van der Waals surface area contributed by atoms with E-state index in [1.165, 1.54) is 0 Å². The second-order valence-corrected chi connectivity index (χ2v) is 6.47. The van der Waals surface area contributed by atoms with E-state index in [9.17, 15) is 4.79 Å². The summed E-state index contributed by atoms with van der Waals surface area (Å²) in [6.45, 7) is 3.62. The standard InChI is InChI=1S/C17H21N3OS/c1-12-15(5-6-16(19-12)13-7-9-22-11-13)17(21)20-8-3-4-14(20)10-18-2/h5-7,9,11,14,18H,3-4,8,10H2,1-2H3. The number of pyridine rings is 1. The van der Waals surface area contributed by atoms with Crippen LogP contribution in [0.2, 0.25) is 0 Å². The predicted octanol–water partition coefficient (Wildman–Crippen LogP) is 2.94. The topological polar surface area (TPSA) is 45.2 Å². The first-order valence-corrected chi connectivity index (χ1v) is 8.61. The van der Waals surface area contributed by atoms with E-state index in [-0.39, 0.29) is 5.91 Å². The molecule has 0 aliphatic carbocycles. The van der Waals surface area contributed by atoms with Crippen molar-refractivity contribution < 1.29 is 4.79 Å². The fraction of sp³-hybridized carbons (Fsp3) is 0.412. The molecule has 0 saturated carbocycles. The Morgan fingerprint density at radius 2 is 2.32 bits per heavy atom. The number of likely N-dealkylation sites (tertiary alicyclic amines) is 1. The summed E-state index contributed by atoms with van der Waals surface area (Å²) in [5.74, 6) is 0.111. The summed E-state index contributed by atoms with van der Waals surface area (Å²) in [6, 6.07) is 6.23. The van der Waals surface area contributed by atoms with Gasteiger partial charge in [0.2, 0.25) is 0 Å². The first-order valence-electron chi connectivity index (χ1n) is 7.66. The Morgan fingerprint density at radius 1 is 1.45 bits per heavy atom. The lowest BCUT2D eigenvalue weighted by Gasteiger charge is -2.25. The minimum atomic E-state index is 0.111. The van der Waals surface area contributed by atoms with Gasteiger partial charge in [0, 0.05) is 30.1 Å². The molecule has 4 nitrogen and oxygen atoms in total. The fourth-order valence-corrected chi connectivity index (χ4v) is 3.71. The molecule has 22 heavy (non-hydrogen) atoms. The lowest BCUT2D eigenvalue weighted by molar-refractivity contribution is 0.0736. The third-order valence-corrected chi connectivity index (χ3v) is 4.89. The van der Waals surface area contributed by atoms with Crippen LogP contribution in [0, 0.1) is 6.92 Å². The van der Waals surface area contributed by atoms with Gasteiger partial charge in [-0.15, -0.1) is 0 Å². The van der Waals surface area contributed by atoms with Crippen LogP contribution in [-0.2, 0) is 0 Å². The molecule has 1 N–H and O–H groups in total. The average molecular weight is 315 g/mol. The summed E-state index contributed by atoms with van der Waals surface area (Å²) < 4.78 is 0. The molecule has 1 unspecified atom stereocenters. The van der Waals surface area contributed by atoms with E-state index in [1.807, 2.05) is 36.4 Å². The quantitative estimate of drug-likeness (QED) is 0.943. The summed E-state index contributed by atoms with van der Waals surface area (Å²) in [4.78, 5) is 19.4. The summed E-state index contributed by atoms with van der Waals surface area (Å²) in [6.07, 6.45) is 2.16. The summed E-state index contributed by atoms with van der Waals surface area (Å²) in [7, 11) is 1.93. The van der Waals surface area contributed by atoms with E-state index in [0.717, 1.165) is 48.4 Å². The minimum Gasteiger partial charge on any atom is -0.334 e. The van der Waals surface area contributed by atoms with E-state index in [2.05, 4.69) is 21.7 Å². The van der Waals surface area contributed by atoms with Crippen molar-refractivity contribution in [3.8, 4) is 11.3 Å². The van der Waals surface area contributed by atoms with Gasteiger partial charge in [0.15, 0.2) is 0 Å². The molecule has 2 aromatic heterocycles. The number of carbonyl (C=O) groups excluding carboxylic acids is 1. The van der Waals surface area contributed by atoms with Crippen LogP contribution in [-0.4, -0.2) is 42.0 Å². The van der Waals surface area contributed by atoms with Gasteiger partial charge >= 0.3 is 0 Å². The van der Waals surface area contributed by atoms with E-state index in [0.29, 0.717) is 6.04 Å². The molecule has 0 radical (unpaired) electrons. The van der Waals surface area contributed by atoms with Crippen molar-refractivity contribution in [1.82, 2.24) is 15.2 Å². The van der Waals surface area contributed by atoms with Crippen molar-refractivity contribution in [2.75, 3.05) is 20.1 Å². The summed E-state index contributed by atoms with van der Waals surface area (Å²) in [5.41, 5.74) is 3.58. The molecule has 3 heterocycles. The van der Waals surface area contributed by atoms with Crippen molar-refractivity contribution >= 4 is 17.2 Å². The molecular formula is C17H21N3OS. The number of aryl methyl sites for hydroxylation is 1. The fourth-order valence-electron chi connectivity index (χ4n) is 3.06. The maximum atomic E-state index is 12.8. The van der Waals surface area contributed by atoms with E-state index < -0.39 is 0 Å². The molecular weight excluding hydrogens is 294 g/mol. The van der Waals surface area contributed by atoms with Crippen LogP contribution < -0.4 is 5.32 Å². The van der Waals surface area contributed by atoms with Crippen LogP contribution in [0.3, 0.4) is 0 Å². The van der Waals surface area contributed by atoms with Gasteiger partial charge in [0.05, 0.1) is 17.0 Å². The lowest BCUT2D eigenvalue weighted by Crippen LogP contribution is -2.41. The number of hydrogen-bond donors (Lipinski definition) is 1.